The second-order valence-corrected chi connectivity index (χ2v) is 12.8. The van der Waals surface area contributed by atoms with Crippen LogP contribution in [0.4, 0.5) is 5.69 Å². The molecule has 0 radical (unpaired) electrons. The first-order valence-electron chi connectivity index (χ1n) is 15.5. The molecule has 0 atom stereocenters. The van der Waals surface area contributed by atoms with Crippen LogP contribution in [-0.2, 0) is 10.8 Å². The van der Waals surface area contributed by atoms with Crippen molar-refractivity contribution in [2.45, 2.75) is 84.5 Å². The molecule has 1 aliphatic heterocycles. The summed E-state index contributed by atoms with van der Waals surface area (Å²) in [6, 6.07) is 17.5. The molecule has 0 saturated carbocycles. The van der Waals surface area contributed by atoms with Crippen LogP contribution in [0.25, 0.3) is 5.70 Å². The van der Waals surface area contributed by atoms with Gasteiger partial charge in [0.2, 0.25) is 0 Å². The van der Waals surface area contributed by atoms with Gasteiger partial charge < -0.3 is 4.90 Å². The molecule has 2 heterocycles. The van der Waals surface area contributed by atoms with Crippen LogP contribution in [-0.4, -0.2) is 21.3 Å². The maximum atomic E-state index is 4.59. The van der Waals surface area contributed by atoms with Gasteiger partial charge in [0.25, 0.3) is 0 Å². The van der Waals surface area contributed by atoms with Gasteiger partial charge >= 0.3 is 0 Å². The molecule has 4 nitrogen and oxygen atoms in total. The number of rotatable bonds is 9. The molecule has 3 aromatic rings. The van der Waals surface area contributed by atoms with E-state index in [0.717, 1.165) is 37.1 Å². The van der Waals surface area contributed by atoms with E-state index in [1.165, 1.54) is 52.1 Å². The number of nitrogens with zero attached hydrogens (tertiary/aromatic N) is 4. The Balaban J connectivity index is 1.54. The van der Waals surface area contributed by atoms with Crippen LogP contribution in [0.5, 0.6) is 0 Å². The number of benzene rings is 2. The predicted octanol–water partition coefficient (Wildman–Crippen LogP) is 9.48. The first kappa shape index (κ1) is 29.6. The van der Waals surface area contributed by atoms with Gasteiger partial charge in [0.1, 0.15) is 12.7 Å². The second kappa shape index (κ2) is 12.1. The zero-order valence-electron chi connectivity index (χ0n) is 26.3. The van der Waals surface area contributed by atoms with Crippen molar-refractivity contribution in [3.63, 3.8) is 0 Å². The van der Waals surface area contributed by atoms with Crippen molar-refractivity contribution in [2.24, 2.45) is 0 Å². The molecule has 0 fully saturated rings. The summed E-state index contributed by atoms with van der Waals surface area (Å²) in [5.41, 5.74) is 11.3. The normalized spacial score (nSPS) is 18.9. The second-order valence-electron chi connectivity index (χ2n) is 12.8. The number of hydrogen-bond donors (Lipinski definition) is 0. The van der Waals surface area contributed by atoms with Crippen LogP contribution in [0.15, 0.2) is 114 Å². The highest BCUT2D eigenvalue weighted by atomic mass is 15.3. The molecule has 1 aromatic heterocycles. The van der Waals surface area contributed by atoms with Crippen LogP contribution < -0.4 is 4.90 Å². The number of aromatic nitrogens is 3. The molecule has 0 saturated heterocycles. The molecular formula is C38H46N4. The Morgan fingerprint density at radius 2 is 1.81 bits per heavy atom. The monoisotopic (exact) mass is 558 g/mol. The van der Waals surface area contributed by atoms with Crippen LogP contribution in [0.2, 0.25) is 0 Å². The average Bonchev–Trinajstić information content (AvgIpc) is 3.58. The van der Waals surface area contributed by atoms with Crippen LogP contribution in [0.1, 0.15) is 83.4 Å². The number of allylic oxidation sites excluding steroid dienone is 9. The highest BCUT2D eigenvalue weighted by Crippen LogP contribution is 2.48. The van der Waals surface area contributed by atoms with Gasteiger partial charge in [-0.15, -0.1) is 0 Å². The number of unbranched alkanes of at least 4 members (excludes halogenated alkanes) is 1. The number of fused-ring (bicyclic) bond motifs is 1. The number of aryl methyl sites for hydroxylation is 1. The summed E-state index contributed by atoms with van der Waals surface area (Å²) in [6.45, 7) is 19.2. The Labute approximate surface area is 252 Å². The standard InChI is InChI=1S/C38H46N4/c1-8-9-25-41-34-20-13-12-19-33(34)38(6,7)35(41)24-23-31-17-14-16-30(36(31)42-27-39-26-40-42)22-21-29(3)37(4,5)32-18-11-10-15-28(32)2/h10-13,15,18-24,26-27H,3,8-9,14,16-17,25H2,1-2,4-7H3/b22-21+,31-23+,35-24-. The van der Waals surface area contributed by atoms with Crippen molar-refractivity contribution in [1.82, 2.24) is 14.8 Å². The Morgan fingerprint density at radius 1 is 1.05 bits per heavy atom. The van der Waals surface area contributed by atoms with E-state index in [4.69, 9.17) is 0 Å². The SMILES string of the molecule is C=C(/C=C/C1=C(n2cncn2)C(=C/C=C2\N(CCCC)c3ccccc3C2(C)C)/CCC1)C(C)(C)c1ccccc1C. The Bertz CT molecular complexity index is 1560. The lowest BCUT2D eigenvalue weighted by Crippen LogP contribution is -2.27. The smallest absolute Gasteiger partial charge is 0.138 e. The molecule has 0 bridgehead atoms. The Hall–Kier alpha value is -3.92. The van der Waals surface area contributed by atoms with Gasteiger partial charge in [-0.05, 0) is 78.2 Å². The maximum absolute atomic E-state index is 4.59. The minimum absolute atomic E-state index is 0.0607. The first-order valence-corrected chi connectivity index (χ1v) is 15.5. The summed E-state index contributed by atoms with van der Waals surface area (Å²) in [6.07, 6.45) is 18.1. The molecule has 0 amide bonds. The van der Waals surface area contributed by atoms with E-state index in [9.17, 15) is 0 Å². The fourth-order valence-corrected chi connectivity index (χ4v) is 6.59. The summed E-state index contributed by atoms with van der Waals surface area (Å²) >= 11 is 0. The van der Waals surface area contributed by atoms with Crippen LogP contribution in [0.3, 0.4) is 0 Å². The van der Waals surface area contributed by atoms with E-state index in [2.05, 4.69) is 136 Å². The molecule has 218 valence electrons. The molecule has 1 aliphatic carbocycles. The van der Waals surface area contributed by atoms with E-state index in [0.29, 0.717) is 0 Å². The van der Waals surface area contributed by atoms with E-state index in [1.807, 2.05) is 11.0 Å². The fraction of sp³-hybridized carbons (Fsp3) is 0.368. The quantitative estimate of drug-likeness (QED) is 0.245. The number of para-hydroxylation sites is 1. The molecule has 4 heteroatoms. The third-order valence-corrected chi connectivity index (χ3v) is 9.23. The average molecular weight is 559 g/mol. The van der Waals surface area contributed by atoms with Gasteiger partial charge in [0.15, 0.2) is 0 Å². The molecule has 2 aliphatic rings. The lowest BCUT2D eigenvalue weighted by molar-refractivity contribution is 0.624. The summed E-state index contributed by atoms with van der Waals surface area (Å²) in [4.78, 5) is 6.85. The lowest BCUT2D eigenvalue weighted by atomic mass is 9.76. The van der Waals surface area contributed by atoms with Gasteiger partial charge in [-0.2, -0.15) is 5.10 Å². The zero-order chi connectivity index (χ0) is 29.9. The van der Waals surface area contributed by atoms with Crippen molar-refractivity contribution in [3.05, 3.63) is 131 Å². The minimum atomic E-state index is -0.168. The first-order chi connectivity index (χ1) is 20.2. The van der Waals surface area contributed by atoms with Gasteiger partial charge in [-0.25, -0.2) is 9.67 Å². The zero-order valence-corrected chi connectivity index (χ0v) is 26.3. The molecule has 5 rings (SSSR count). The lowest BCUT2D eigenvalue weighted by Gasteiger charge is -2.28. The third-order valence-electron chi connectivity index (χ3n) is 9.23. The van der Waals surface area contributed by atoms with Gasteiger partial charge in [-0.1, -0.05) is 108 Å². The Morgan fingerprint density at radius 3 is 2.55 bits per heavy atom. The summed E-state index contributed by atoms with van der Waals surface area (Å²) in [5.74, 6) is 0. The van der Waals surface area contributed by atoms with Crippen molar-refractivity contribution in [3.8, 4) is 0 Å². The third kappa shape index (κ3) is 5.60. The number of anilines is 1. The van der Waals surface area contributed by atoms with Crippen molar-refractivity contribution >= 4 is 11.4 Å². The van der Waals surface area contributed by atoms with E-state index >= 15 is 0 Å². The Kier molecular flexibility index (Phi) is 8.54. The molecule has 42 heavy (non-hydrogen) atoms. The minimum Gasteiger partial charge on any atom is -0.344 e. The van der Waals surface area contributed by atoms with E-state index in [-0.39, 0.29) is 10.8 Å². The van der Waals surface area contributed by atoms with Crippen molar-refractivity contribution in [1.29, 1.82) is 0 Å². The molecule has 0 unspecified atom stereocenters. The van der Waals surface area contributed by atoms with Gasteiger partial charge in [-0.3, -0.25) is 0 Å². The van der Waals surface area contributed by atoms with Gasteiger partial charge in [0.05, 0.1) is 5.70 Å². The van der Waals surface area contributed by atoms with E-state index < -0.39 is 0 Å². The maximum Gasteiger partial charge on any atom is 0.138 e. The largest absolute Gasteiger partial charge is 0.344 e. The predicted molar refractivity (Wildman–Crippen MR) is 177 cm³/mol. The molecular weight excluding hydrogens is 512 g/mol. The van der Waals surface area contributed by atoms with Crippen molar-refractivity contribution < 1.29 is 0 Å². The summed E-state index contributed by atoms with van der Waals surface area (Å²) in [5, 5.41) is 4.59. The molecule has 0 spiro atoms. The fourth-order valence-electron chi connectivity index (χ4n) is 6.59. The highest BCUT2D eigenvalue weighted by Gasteiger charge is 2.39. The van der Waals surface area contributed by atoms with Gasteiger partial charge in [0, 0.05) is 28.8 Å². The van der Waals surface area contributed by atoms with Crippen LogP contribution in [0, 0.1) is 6.92 Å². The topological polar surface area (TPSA) is 34.0 Å². The summed E-state index contributed by atoms with van der Waals surface area (Å²) < 4.78 is 1.95. The number of hydrogen-bond acceptors (Lipinski definition) is 3. The van der Waals surface area contributed by atoms with E-state index in [1.54, 1.807) is 6.33 Å². The summed E-state index contributed by atoms with van der Waals surface area (Å²) in [7, 11) is 0. The molecule has 2 aromatic carbocycles. The van der Waals surface area contributed by atoms with Crippen molar-refractivity contribution in [2.75, 3.05) is 11.4 Å². The molecule has 0 N–H and O–H groups in total. The highest BCUT2D eigenvalue weighted by molar-refractivity contribution is 5.74. The van der Waals surface area contributed by atoms with Crippen LogP contribution >= 0.6 is 0 Å².